The average molecular weight is 448 g/mol. The Labute approximate surface area is 191 Å². The Morgan fingerprint density at radius 1 is 1.06 bits per heavy atom. The molecular weight excluding hydrogens is 422 g/mol. The van der Waals surface area contributed by atoms with Gasteiger partial charge in [0.25, 0.3) is 11.8 Å². The first kappa shape index (κ1) is 20.8. The number of carbonyl (C=O) groups is 2. The van der Waals surface area contributed by atoms with Gasteiger partial charge >= 0.3 is 0 Å². The van der Waals surface area contributed by atoms with E-state index in [2.05, 4.69) is 10.3 Å². The van der Waals surface area contributed by atoms with Gasteiger partial charge in [-0.3, -0.25) is 9.59 Å². The highest BCUT2D eigenvalue weighted by atomic mass is 32.2. The molecule has 3 aromatic rings. The third-order valence-electron chi connectivity index (χ3n) is 5.95. The minimum atomic E-state index is -0.306. The number of carbonyl (C=O) groups excluding carboxylic acids is 2. The second-order valence-corrected chi connectivity index (χ2v) is 9.43. The topological polar surface area (TPSA) is 75.4 Å². The van der Waals surface area contributed by atoms with Gasteiger partial charge < -0.3 is 14.6 Å². The minimum absolute atomic E-state index is 0.0189. The van der Waals surface area contributed by atoms with Crippen LogP contribution in [0.25, 0.3) is 11.5 Å². The lowest BCUT2D eigenvalue weighted by Gasteiger charge is -2.27. The highest BCUT2D eigenvalue weighted by Gasteiger charge is 2.34. The number of thioether (sulfide) groups is 1. The molecule has 5 rings (SSSR count). The number of aromatic nitrogens is 1. The largest absolute Gasteiger partial charge is 0.440 e. The predicted octanol–water partition coefficient (Wildman–Crippen LogP) is 4.97. The van der Waals surface area contributed by atoms with E-state index in [9.17, 15) is 9.59 Å². The lowest BCUT2D eigenvalue weighted by molar-refractivity contribution is 0.0771. The van der Waals surface area contributed by atoms with Gasteiger partial charge in [-0.1, -0.05) is 24.3 Å². The van der Waals surface area contributed by atoms with Crippen molar-refractivity contribution in [2.24, 2.45) is 0 Å². The van der Waals surface area contributed by atoms with E-state index in [0.29, 0.717) is 28.6 Å². The molecule has 0 atom stereocenters. The zero-order valence-electron chi connectivity index (χ0n) is 18.0. The summed E-state index contributed by atoms with van der Waals surface area (Å²) >= 11 is 1.87. The van der Waals surface area contributed by atoms with Gasteiger partial charge in [0.2, 0.25) is 5.89 Å². The number of hydrogen-bond acceptors (Lipinski definition) is 5. The van der Waals surface area contributed by atoms with Crippen molar-refractivity contribution in [1.29, 1.82) is 0 Å². The summed E-state index contributed by atoms with van der Waals surface area (Å²) < 4.78 is 6.02. The van der Waals surface area contributed by atoms with Crippen LogP contribution in [0, 0.1) is 6.92 Å². The van der Waals surface area contributed by atoms with E-state index >= 15 is 0 Å². The van der Waals surface area contributed by atoms with Crippen LogP contribution >= 0.6 is 11.8 Å². The number of rotatable bonds is 5. The van der Waals surface area contributed by atoms with Gasteiger partial charge in [-0.15, -0.1) is 0 Å². The number of nitrogens with zero attached hydrogens (tertiary/aromatic N) is 2. The van der Waals surface area contributed by atoms with Gasteiger partial charge in [0, 0.05) is 47.3 Å². The monoisotopic (exact) mass is 447 g/mol. The summed E-state index contributed by atoms with van der Waals surface area (Å²) in [6.45, 7) is 3.39. The van der Waals surface area contributed by atoms with E-state index in [1.165, 1.54) is 0 Å². The first-order valence-corrected chi connectivity index (χ1v) is 12.1. The Kier molecular flexibility index (Phi) is 5.74. The summed E-state index contributed by atoms with van der Waals surface area (Å²) in [4.78, 5) is 32.7. The maximum Gasteiger partial charge on any atom is 0.277 e. The normalized spacial score (nSPS) is 16.1. The second-order valence-electron chi connectivity index (χ2n) is 8.21. The van der Waals surface area contributed by atoms with E-state index in [0.717, 1.165) is 48.6 Å². The molecule has 2 amide bonds. The fourth-order valence-electron chi connectivity index (χ4n) is 3.94. The van der Waals surface area contributed by atoms with Crippen molar-refractivity contribution in [2.45, 2.75) is 25.7 Å². The zero-order chi connectivity index (χ0) is 22.1. The van der Waals surface area contributed by atoms with Crippen LogP contribution in [0.15, 0.2) is 52.9 Å². The molecule has 0 spiro atoms. The summed E-state index contributed by atoms with van der Waals surface area (Å²) in [5.41, 5.74) is 3.19. The number of benzene rings is 2. The predicted molar refractivity (Wildman–Crippen MR) is 126 cm³/mol. The third kappa shape index (κ3) is 4.17. The standard InChI is InChI=1S/C25H25N3O3S/c1-16-19(25(30)28-12-14-32-15-13-28)8-5-9-20(16)26-23(29)21-22(17-10-11-17)31-24(27-21)18-6-3-2-4-7-18/h2-9,17H,10-15H2,1H3,(H,26,29). The van der Waals surface area contributed by atoms with Crippen molar-refractivity contribution in [3.05, 3.63) is 71.1 Å². The number of hydrogen-bond donors (Lipinski definition) is 1. The molecule has 164 valence electrons. The van der Waals surface area contributed by atoms with Crippen molar-refractivity contribution in [3.63, 3.8) is 0 Å². The van der Waals surface area contributed by atoms with Gasteiger partial charge in [-0.2, -0.15) is 11.8 Å². The number of nitrogens with one attached hydrogen (secondary N) is 1. The highest BCUT2D eigenvalue weighted by Crippen LogP contribution is 2.43. The maximum absolute atomic E-state index is 13.2. The molecule has 1 N–H and O–H groups in total. The molecular formula is C25H25N3O3S. The van der Waals surface area contributed by atoms with E-state index in [1.54, 1.807) is 0 Å². The molecule has 32 heavy (non-hydrogen) atoms. The van der Waals surface area contributed by atoms with E-state index < -0.39 is 0 Å². The maximum atomic E-state index is 13.2. The molecule has 2 fully saturated rings. The molecule has 6 nitrogen and oxygen atoms in total. The van der Waals surface area contributed by atoms with Crippen LogP contribution in [0.2, 0.25) is 0 Å². The molecule has 1 saturated carbocycles. The molecule has 0 radical (unpaired) electrons. The Morgan fingerprint density at radius 2 is 1.81 bits per heavy atom. The summed E-state index contributed by atoms with van der Waals surface area (Å²) in [5, 5.41) is 2.98. The van der Waals surface area contributed by atoms with Gasteiger partial charge in [0.15, 0.2) is 5.69 Å². The lowest BCUT2D eigenvalue weighted by atomic mass is 10.0. The molecule has 7 heteroatoms. The molecule has 1 aromatic heterocycles. The molecule has 1 aliphatic carbocycles. The lowest BCUT2D eigenvalue weighted by Crippen LogP contribution is -2.38. The average Bonchev–Trinajstić information content (AvgIpc) is 3.59. The molecule has 1 aliphatic heterocycles. The Balaban J connectivity index is 1.41. The van der Waals surface area contributed by atoms with Crippen LogP contribution in [0.3, 0.4) is 0 Å². The Hall–Kier alpha value is -3.06. The first-order valence-electron chi connectivity index (χ1n) is 11.0. The van der Waals surface area contributed by atoms with Crippen LogP contribution in [0.5, 0.6) is 0 Å². The fraction of sp³-hybridized carbons (Fsp3) is 0.320. The summed E-state index contributed by atoms with van der Waals surface area (Å²) in [7, 11) is 0. The fourth-order valence-corrected chi connectivity index (χ4v) is 4.85. The van der Waals surface area contributed by atoms with Crippen molar-refractivity contribution >= 4 is 29.3 Å². The molecule has 0 unspecified atom stereocenters. The van der Waals surface area contributed by atoms with E-state index in [1.807, 2.05) is 72.1 Å². The summed E-state index contributed by atoms with van der Waals surface area (Å²) in [6.07, 6.45) is 2.00. The highest BCUT2D eigenvalue weighted by molar-refractivity contribution is 7.99. The second kappa shape index (κ2) is 8.82. The van der Waals surface area contributed by atoms with Gasteiger partial charge in [0.05, 0.1) is 0 Å². The van der Waals surface area contributed by atoms with Gasteiger partial charge in [-0.05, 0) is 49.6 Å². The van der Waals surface area contributed by atoms with E-state index in [-0.39, 0.29) is 17.7 Å². The summed E-state index contributed by atoms with van der Waals surface area (Å²) in [5.74, 6) is 2.98. The molecule has 2 aromatic carbocycles. The van der Waals surface area contributed by atoms with Crippen molar-refractivity contribution in [1.82, 2.24) is 9.88 Å². The van der Waals surface area contributed by atoms with Crippen LogP contribution < -0.4 is 5.32 Å². The van der Waals surface area contributed by atoms with Crippen LogP contribution in [0.1, 0.15) is 50.9 Å². The molecule has 0 bridgehead atoms. The molecule has 1 saturated heterocycles. The van der Waals surface area contributed by atoms with Gasteiger partial charge in [0.1, 0.15) is 5.76 Å². The zero-order valence-corrected chi connectivity index (χ0v) is 18.8. The number of amides is 2. The van der Waals surface area contributed by atoms with E-state index in [4.69, 9.17) is 4.42 Å². The van der Waals surface area contributed by atoms with Crippen molar-refractivity contribution in [3.8, 4) is 11.5 Å². The van der Waals surface area contributed by atoms with Crippen molar-refractivity contribution < 1.29 is 14.0 Å². The third-order valence-corrected chi connectivity index (χ3v) is 6.89. The van der Waals surface area contributed by atoms with Crippen molar-refractivity contribution in [2.75, 3.05) is 29.9 Å². The smallest absolute Gasteiger partial charge is 0.277 e. The quantitative estimate of drug-likeness (QED) is 0.598. The number of anilines is 1. The first-order chi connectivity index (χ1) is 15.6. The van der Waals surface area contributed by atoms with Crippen LogP contribution in [0.4, 0.5) is 5.69 Å². The minimum Gasteiger partial charge on any atom is -0.440 e. The number of oxazole rings is 1. The SMILES string of the molecule is Cc1c(NC(=O)c2nc(-c3ccccc3)oc2C2CC2)cccc1C(=O)N1CCSCC1. The van der Waals surface area contributed by atoms with Crippen LogP contribution in [-0.2, 0) is 0 Å². The van der Waals surface area contributed by atoms with Crippen LogP contribution in [-0.4, -0.2) is 46.3 Å². The summed E-state index contributed by atoms with van der Waals surface area (Å²) in [6, 6.07) is 15.1. The van der Waals surface area contributed by atoms with Gasteiger partial charge in [-0.25, -0.2) is 4.98 Å². The Bertz CT molecular complexity index is 1150. The molecule has 2 heterocycles. The molecule has 2 aliphatic rings. The Morgan fingerprint density at radius 3 is 2.53 bits per heavy atom.